The highest BCUT2D eigenvalue weighted by Gasteiger charge is 2.29. The van der Waals surface area contributed by atoms with Crippen molar-refractivity contribution in [1.82, 2.24) is 24.6 Å². The van der Waals surface area contributed by atoms with Crippen molar-refractivity contribution in [3.05, 3.63) is 54.1 Å². The number of anilines is 1. The number of nitrogen functional groups attached to an aromatic ring is 1. The van der Waals surface area contributed by atoms with Crippen LogP contribution < -0.4 is 10.5 Å². The number of methoxy groups -OCH3 is 1. The Morgan fingerprint density at radius 1 is 1.24 bits per heavy atom. The van der Waals surface area contributed by atoms with Crippen LogP contribution in [-0.4, -0.2) is 50.8 Å². The Bertz CT molecular complexity index is 1010. The Morgan fingerprint density at radius 2 is 2.03 bits per heavy atom. The molecule has 3 heterocycles. The number of carbonyl (C=O) groups is 1. The molecule has 0 bridgehead atoms. The van der Waals surface area contributed by atoms with Gasteiger partial charge in [0.05, 0.1) is 24.6 Å². The molecule has 4 rings (SSSR count). The van der Waals surface area contributed by atoms with Crippen molar-refractivity contribution in [1.29, 1.82) is 0 Å². The second-order valence-corrected chi connectivity index (χ2v) is 7.25. The topological polar surface area (TPSA) is 99.2 Å². The van der Waals surface area contributed by atoms with Gasteiger partial charge in [-0.3, -0.25) is 9.48 Å². The summed E-state index contributed by atoms with van der Waals surface area (Å²) in [6, 6.07) is 7.79. The summed E-state index contributed by atoms with van der Waals surface area (Å²) in [7, 11) is 3.45. The Balaban J connectivity index is 1.63. The van der Waals surface area contributed by atoms with Crippen LogP contribution in [0.5, 0.6) is 5.75 Å². The van der Waals surface area contributed by atoms with Crippen LogP contribution in [0.4, 0.5) is 5.95 Å². The van der Waals surface area contributed by atoms with Crippen molar-refractivity contribution >= 4 is 11.9 Å². The average molecular weight is 392 g/mol. The van der Waals surface area contributed by atoms with Gasteiger partial charge in [0, 0.05) is 44.0 Å². The molecule has 1 atom stereocenters. The number of aromatic nitrogens is 4. The van der Waals surface area contributed by atoms with E-state index in [1.807, 2.05) is 29.2 Å². The molecule has 8 nitrogen and oxygen atoms in total. The molecule has 29 heavy (non-hydrogen) atoms. The van der Waals surface area contributed by atoms with Gasteiger partial charge in [0.1, 0.15) is 5.75 Å². The standard InChI is InChI=1S/C21H24N6O2/c1-26-12-16(10-24-26)20(28)27-9-3-4-15(13-27)19-18(11-23-21(22)25-19)14-5-7-17(29-2)8-6-14/h5-8,10-12,15H,3-4,9,13H2,1-2H3,(H2,22,23,25). The third-order valence-electron chi connectivity index (χ3n) is 5.29. The van der Waals surface area contributed by atoms with Gasteiger partial charge in [-0.25, -0.2) is 9.97 Å². The molecular weight excluding hydrogens is 368 g/mol. The minimum atomic E-state index is -0.00387. The smallest absolute Gasteiger partial charge is 0.257 e. The van der Waals surface area contributed by atoms with Crippen LogP contribution >= 0.6 is 0 Å². The summed E-state index contributed by atoms with van der Waals surface area (Å²) in [4.78, 5) is 23.5. The summed E-state index contributed by atoms with van der Waals surface area (Å²) < 4.78 is 6.89. The molecule has 150 valence electrons. The number of nitrogens with zero attached hydrogens (tertiary/aromatic N) is 5. The molecule has 2 N–H and O–H groups in total. The highest BCUT2D eigenvalue weighted by Crippen LogP contribution is 2.34. The third-order valence-corrected chi connectivity index (χ3v) is 5.29. The fraction of sp³-hybridized carbons (Fsp3) is 0.333. The number of benzene rings is 1. The van der Waals surface area contributed by atoms with Gasteiger partial charge in [0.15, 0.2) is 0 Å². The first kappa shape index (κ1) is 18.9. The number of aryl methyl sites for hydroxylation is 1. The van der Waals surface area contributed by atoms with Crippen LogP contribution in [-0.2, 0) is 7.05 Å². The third kappa shape index (κ3) is 3.91. The van der Waals surface area contributed by atoms with E-state index in [-0.39, 0.29) is 17.8 Å². The molecule has 0 saturated carbocycles. The molecule has 0 aliphatic carbocycles. The number of piperidine rings is 1. The maximum atomic E-state index is 12.9. The number of carbonyl (C=O) groups excluding carboxylic acids is 1. The van der Waals surface area contributed by atoms with E-state index < -0.39 is 0 Å². The molecular formula is C21H24N6O2. The first-order valence-corrected chi connectivity index (χ1v) is 9.60. The second-order valence-electron chi connectivity index (χ2n) is 7.25. The lowest BCUT2D eigenvalue weighted by atomic mass is 9.89. The lowest BCUT2D eigenvalue weighted by Gasteiger charge is -2.33. The zero-order chi connectivity index (χ0) is 20.4. The van der Waals surface area contributed by atoms with Crippen LogP contribution in [0, 0.1) is 0 Å². The number of nitrogens with two attached hydrogens (primary N) is 1. The average Bonchev–Trinajstić information content (AvgIpc) is 3.19. The van der Waals surface area contributed by atoms with Gasteiger partial charge in [0.25, 0.3) is 5.91 Å². The van der Waals surface area contributed by atoms with E-state index in [9.17, 15) is 4.79 Å². The van der Waals surface area contributed by atoms with Crippen molar-refractivity contribution < 1.29 is 9.53 Å². The van der Waals surface area contributed by atoms with Crippen LogP contribution in [0.2, 0.25) is 0 Å². The summed E-state index contributed by atoms with van der Waals surface area (Å²) in [5, 5.41) is 4.11. The fourth-order valence-corrected chi connectivity index (χ4v) is 3.81. The zero-order valence-corrected chi connectivity index (χ0v) is 16.6. The van der Waals surface area contributed by atoms with Crippen molar-refractivity contribution in [2.45, 2.75) is 18.8 Å². The molecule has 1 aromatic carbocycles. The van der Waals surface area contributed by atoms with Gasteiger partial charge >= 0.3 is 0 Å². The van der Waals surface area contributed by atoms with E-state index in [1.165, 1.54) is 0 Å². The highest BCUT2D eigenvalue weighted by molar-refractivity contribution is 5.93. The quantitative estimate of drug-likeness (QED) is 0.732. The highest BCUT2D eigenvalue weighted by atomic mass is 16.5. The largest absolute Gasteiger partial charge is 0.497 e. The van der Waals surface area contributed by atoms with E-state index in [1.54, 1.807) is 37.4 Å². The maximum Gasteiger partial charge on any atom is 0.257 e. The van der Waals surface area contributed by atoms with Crippen molar-refractivity contribution in [2.24, 2.45) is 7.05 Å². The summed E-state index contributed by atoms with van der Waals surface area (Å²) in [5.41, 5.74) is 9.33. The van der Waals surface area contributed by atoms with Crippen molar-refractivity contribution in [3.63, 3.8) is 0 Å². The molecule has 1 aliphatic rings. The van der Waals surface area contributed by atoms with E-state index in [0.717, 1.165) is 42.0 Å². The molecule has 2 aromatic heterocycles. The maximum absolute atomic E-state index is 12.9. The number of likely N-dealkylation sites (tertiary alicyclic amines) is 1. The van der Waals surface area contributed by atoms with Gasteiger partial charge in [-0.15, -0.1) is 0 Å². The summed E-state index contributed by atoms with van der Waals surface area (Å²) >= 11 is 0. The van der Waals surface area contributed by atoms with E-state index in [2.05, 4.69) is 15.1 Å². The molecule has 0 spiro atoms. The lowest BCUT2D eigenvalue weighted by molar-refractivity contribution is 0.0706. The molecule has 1 amide bonds. The van der Waals surface area contributed by atoms with Crippen LogP contribution in [0.25, 0.3) is 11.1 Å². The Morgan fingerprint density at radius 3 is 2.72 bits per heavy atom. The minimum Gasteiger partial charge on any atom is -0.497 e. The van der Waals surface area contributed by atoms with Gasteiger partial charge < -0.3 is 15.4 Å². The molecule has 1 fully saturated rings. The van der Waals surface area contributed by atoms with E-state index in [4.69, 9.17) is 10.5 Å². The first-order valence-electron chi connectivity index (χ1n) is 9.60. The van der Waals surface area contributed by atoms with Gasteiger partial charge in [-0.2, -0.15) is 5.10 Å². The number of hydrogen-bond donors (Lipinski definition) is 1. The number of amides is 1. The summed E-state index contributed by atoms with van der Waals surface area (Å²) in [5.74, 6) is 1.12. The molecule has 3 aromatic rings. The first-order chi connectivity index (χ1) is 14.0. The summed E-state index contributed by atoms with van der Waals surface area (Å²) in [6.45, 7) is 1.32. The molecule has 8 heteroatoms. The number of ether oxygens (including phenoxy) is 1. The Kier molecular flexibility index (Phi) is 5.16. The number of hydrogen-bond acceptors (Lipinski definition) is 6. The van der Waals surface area contributed by atoms with Gasteiger partial charge in [-0.1, -0.05) is 12.1 Å². The normalized spacial score (nSPS) is 16.6. The molecule has 1 unspecified atom stereocenters. The van der Waals surface area contributed by atoms with E-state index in [0.29, 0.717) is 12.1 Å². The van der Waals surface area contributed by atoms with Crippen LogP contribution in [0.1, 0.15) is 34.8 Å². The predicted molar refractivity (Wildman–Crippen MR) is 110 cm³/mol. The molecule has 0 radical (unpaired) electrons. The molecule has 1 aliphatic heterocycles. The minimum absolute atomic E-state index is 0.00387. The fourth-order valence-electron chi connectivity index (χ4n) is 3.81. The predicted octanol–water partition coefficient (Wildman–Crippen LogP) is 2.49. The SMILES string of the molecule is COc1ccc(-c2cnc(N)nc2C2CCCN(C(=O)c3cnn(C)c3)C2)cc1. The number of rotatable bonds is 4. The monoisotopic (exact) mass is 392 g/mol. The van der Waals surface area contributed by atoms with Gasteiger partial charge in [0.2, 0.25) is 5.95 Å². The zero-order valence-electron chi connectivity index (χ0n) is 16.6. The summed E-state index contributed by atoms with van der Waals surface area (Å²) in [6.07, 6.45) is 6.97. The molecule has 1 saturated heterocycles. The Labute approximate surface area is 169 Å². The lowest BCUT2D eigenvalue weighted by Crippen LogP contribution is -2.39. The Hall–Kier alpha value is -3.42. The van der Waals surface area contributed by atoms with Crippen molar-refractivity contribution in [2.75, 3.05) is 25.9 Å². The van der Waals surface area contributed by atoms with Crippen molar-refractivity contribution in [3.8, 4) is 16.9 Å². The second kappa shape index (κ2) is 7.90. The van der Waals surface area contributed by atoms with Crippen LogP contribution in [0.15, 0.2) is 42.9 Å². The van der Waals surface area contributed by atoms with Gasteiger partial charge in [-0.05, 0) is 30.5 Å². The van der Waals surface area contributed by atoms with Crippen LogP contribution in [0.3, 0.4) is 0 Å². The van der Waals surface area contributed by atoms with E-state index >= 15 is 0 Å².